The van der Waals surface area contributed by atoms with E-state index in [0.717, 1.165) is 6.08 Å². The minimum Gasteiger partial charge on any atom is -0.478 e. The van der Waals surface area contributed by atoms with Gasteiger partial charge in [0.05, 0.1) is 12.0 Å². The van der Waals surface area contributed by atoms with Crippen molar-refractivity contribution in [2.75, 3.05) is 0 Å². The van der Waals surface area contributed by atoms with Crippen LogP contribution in [0.3, 0.4) is 0 Å². The van der Waals surface area contributed by atoms with Crippen LogP contribution in [0.1, 0.15) is 5.69 Å². The number of imidazole rings is 1. The van der Waals surface area contributed by atoms with Gasteiger partial charge < -0.3 is 9.67 Å². The molecule has 0 saturated carbocycles. The van der Waals surface area contributed by atoms with Crippen molar-refractivity contribution in [3.05, 3.63) is 24.3 Å². The lowest BCUT2D eigenvalue weighted by Gasteiger charge is -1.81. The molecule has 1 heterocycles. The van der Waals surface area contributed by atoms with Gasteiger partial charge >= 0.3 is 5.97 Å². The molecule has 0 saturated heterocycles. The average Bonchev–Trinajstić information content (AvgIpc) is 2.31. The molecule has 0 radical (unpaired) electrons. The zero-order valence-electron chi connectivity index (χ0n) is 6.06. The fraction of sp³-hybridized carbons (Fsp3) is 0.143. The van der Waals surface area contributed by atoms with E-state index in [0.29, 0.717) is 5.69 Å². The molecule has 0 bridgehead atoms. The van der Waals surface area contributed by atoms with Crippen molar-refractivity contribution in [2.45, 2.75) is 0 Å². The molecule has 4 nitrogen and oxygen atoms in total. The van der Waals surface area contributed by atoms with Gasteiger partial charge in [-0.25, -0.2) is 9.78 Å². The van der Waals surface area contributed by atoms with Gasteiger partial charge in [0.2, 0.25) is 0 Å². The van der Waals surface area contributed by atoms with E-state index in [1.807, 2.05) is 7.05 Å². The molecule has 0 fully saturated rings. The maximum absolute atomic E-state index is 10.1. The normalized spacial score (nSPS) is 10.6. The Labute approximate surface area is 63.8 Å². The van der Waals surface area contributed by atoms with Crippen LogP contribution in [0.2, 0.25) is 0 Å². The second-order valence-electron chi connectivity index (χ2n) is 2.14. The summed E-state index contributed by atoms with van der Waals surface area (Å²) >= 11 is 0. The number of rotatable bonds is 2. The molecule has 0 aliphatic rings. The van der Waals surface area contributed by atoms with Gasteiger partial charge in [-0.1, -0.05) is 0 Å². The van der Waals surface area contributed by atoms with Crippen LogP contribution in [0.25, 0.3) is 6.08 Å². The van der Waals surface area contributed by atoms with Crippen molar-refractivity contribution in [1.29, 1.82) is 0 Å². The summed E-state index contributed by atoms with van der Waals surface area (Å²) in [5.41, 5.74) is 0.648. The second kappa shape index (κ2) is 3.01. The number of carbonyl (C=O) groups is 1. The van der Waals surface area contributed by atoms with Gasteiger partial charge in [-0.05, 0) is 6.08 Å². The van der Waals surface area contributed by atoms with E-state index in [2.05, 4.69) is 4.98 Å². The molecule has 0 amide bonds. The van der Waals surface area contributed by atoms with Crippen molar-refractivity contribution in [2.24, 2.45) is 7.05 Å². The fourth-order valence-corrected chi connectivity index (χ4v) is 0.676. The van der Waals surface area contributed by atoms with Gasteiger partial charge in [0.25, 0.3) is 0 Å². The molecule has 58 valence electrons. The summed E-state index contributed by atoms with van der Waals surface area (Å²) in [6.45, 7) is 0. The predicted octanol–water partition coefficient (Wildman–Crippen LogP) is 0.518. The lowest BCUT2D eigenvalue weighted by molar-refractivity contribution is -0.131. The number of nitrogens with zero attached hydrogens (tertiary/aromatic N) is 2. The van der Waals surface area contributed by atoms with E-state index in [1.54, 1.807) is 17.1 Å². The van der Waals surface area contributed by atoms with E-state index in [1.165, 1.54) is 6.08 Å². The summed E-state index contributed by atoms with van der Waals surface area (Å²) in [5, 5.41) is 8.26. The van der Waals surface area contributed by atoms with Crippen LogP contribution in [0.15, 0.2) is 18.6 Å². The molecule has 0 aromatic carbocycles. The fourth-order valence-electron chi connectivity index (χ4n) is 0.676. The summed E-state index contributed by atoms with van der Waals surface area (Å²) in [7, 11) is 1.82. The maximum Gasteiger partial charge on any atom is 0.328 e. The molecule has 0 atom stereocenters. The third-order valence-corrected chi connectivity index (χ3v) is 1.12. The van der Waals surface area contributed by atoms with Crippen LogP contribution in [0, 0.1) is 0 Å². The van der Waals surface area contributed by atoms with Crippen LogP contribution in [0.4, 0.5) is 0 Å². The molecule has 0 unspecified atom stereocenters. The van der Waals surface area contributed by atoms with Gasteiger partial charge in [-0.15, -0.1) is 0 Å². The Morgan fingerprint density at radius 3 is 3.00 bits per heavy atom. The van der Waals surface area contributed by atoms with E-state index >= 15 is 0 Å². The first kappa shape index (κ1) is 7.53. The quantitative estimate of drug-likeness (QED) is 0.628. The van der Waals surface area contributed by atoms with Crippen molar-refractivity contribution in [1.82, 2.24) is 9.55 Å². The largest absolute Gasteiger partial charge is 0.478 e. The van der Waals surface area contributed by atoms with Gasteiger partial charge in [0, 0.05) is 19.3 Å². The maximum atomic E-state index is 10.1. The van der Waals surface area contributed by atoms with E-state index < -0.39 is 5.97 Å². The monoisotopic (exact) mass is 152 g/mol. The van der Waals surface area contributed by atoms with E-state index in [-0.39, 0.29) is 0 Å². The second-order valence-corrected chi connectivity index (χ2v) is 2.14. The third kappa shape index (κ3) is 2.25. The summed E-state index contributed by atoms with van der Waals surface area (Å²) < 4.78 is 1.75. The van der Waals surface area contributed by atoms with Crippen LogP contribution < -0.4 is 0 Å². The number of hydrogen-bond donors (Lipinski definition) is 1. The Kier molecular flexibility index (Phi) is 2.06. The summed E-state index contributed by atoms with van der Waals surface area (Å²) in [6, 6.07) is 0. The molecular formula is C7H8N2O2. The summed E-state index contributed by atoms with van der Waals surface area (Å²) in [5.74, 6) is -0.962. The third-order valence-electron chi connectivity index (χ3n) is 1.12. The predicted molar refractivity (Wildman–Crippen MR) is 39.9 cm³/mol. The first-order valence-corrected chi connectivity index (χ1v) is 3.07. The number of aryl methyl sites for hydroxylation is 1. The zero-order chi connectivity index (χ0) is 8.27. The minimum atomic E-state index is -0.962. The highest BCUT2D eigenvalue weighted by Crippen LogP contribution is 1.95. The van der Waals surface area contributed by atoms with Crippen molar-refractivity contribution >= 4 is 12.0 Å². The zero-order valence-corrected chi connectivity index (χ0v) is 6.06. The molecular weight excluding hydrogens is 144 g/mol. The topological polar surface area (TPSA) is 55.1 Å². The smallest absolute Gasteiger partial charge is 0.328 e. The highest BCUT2D eigenvalue weighted by molar-refractivity contribution is 5.84. The van der Waals surface area contributed by atoms with Gasteiger partial charge in [-0.3, -0.25) is 0 Å². The van der Waals surface area contributed by atoms with Crippen LogP contribution in [-0.2, 0) is 11.8 Å². The van der Waals surface area contributed by atoms with Crippen LogP contribution in [0.5, 0.6) is 0 Å². The standard InChI is InChI=1S/C7H8N2O2/c1-9-4-6(8-5-9)2-3-7(10)11/h2-5H,1H3,(H,10,11)/b3-2+. The Hall–Kier alpha value is -1.58. The number of carboxylic acid groups (broad SMARTS) is 1. The first-order valence-electron chi connectivity index (χ1n) is 3.07. The molecule has 0 aliphatic carbocycles. The number of carboxylic acids is 1. The molecule has 1 rings (SSSR count). The molecule has 1 aromatic heterocycles. The molecule has 1 N–H and O–H groups in total. The van der Waals surface area contributed by atoms with Crippen molar-refractivity contribution < 1.29 is 9.90 Å². The SMILES string of the molecule is Cn1cnc(/C=C/C(=O)O)c1. The van der Waals surface area contributed by atoms with Gasteiger partial charge in [0.1, 0.15) is 0 Å². The lowest BCUT2D eigenvalue weighted by atomic mass is 10.4. The highest BCUT2D eigenvalue weighted by Gasteiger charge is 1.91. The van der Waals surface area contributed by atoms with E-state index in [4.69, 9.17) is 5.11 Å². The number of hydrogen-bond acceptors (Lipinski definition) is 2. The molecule has 0 aliphatic heterocycles. The van der Waals surface area contributed by atoms with Crippen LogP contribution >= 0.6 is 0 Å². The van der Waals surface area contributed by atoms with E-state index in [9.17, 15) is 4.79 Å². The summed E-state index contributed by atoms with van der Waals surface area (Å²) in [6.07, 6.45) is 5.85. The van der Waals surface area contributed by atoms with Crippen molar-refractivity contribution in [3.63, 3.8) is 0 Å². The highest BCUT2D eigenvalue weighted by atomic mass is 16.4. The first-order chi connectivity index (χ1) is 5.18. The molecule has 0 spiro atoms. The molecule has 1 aromatic rings. The number of aliphatic carboxylic acids is 1. The number of aromatic nitrogens is 2. The van der Waals surface area contributed by atoms with Crippen molar-refractivity contribution in [3.8, 4) is 0 Å². The minimum absolute atomic E-state index is 0.648. The Bertz CT molecular complexity index is 288. The Balaban J connectivity index is 2.71. The molecule has 4 heteroatoms. The Morgan fingerprint density at radius 1 is 1.82 bits per heavy atom. The van der Waals surface area contributed by atoms with Crippen LogP contribution in [-0.4, -0.2) is 20.6 Å². The average molecular weight is 152 g/mol. The van der Waals surface area contributed by atoms with Gasteiger partial charge in [-0.2, -0.15) is 0 Å². The van der Waals surface area contributed by atoms with Gasteiger partial charge in [0.15, 0.2) is 0 Å². The summed E-state index contributed by atoms with van der Waals surface area (Å²) in [4.78, 5) is 14.0. The molecule has 11 heavy (non-hydrogen) atoms. The Morgan fingerprint density at radius 2 is 2.55 bits per heavy atom. The lowest BCUT2D eigenvalue weighted by Crippen LogP contribution is -1.85.